The Morgan fingerprint density at radius 1 is 1.17 bits per heavy atom. The van der Waals surface area contributed by atoms with Gasteiger partial charge in [0.15, 0.2) is 5.96 Å². The number of aliphatic imine (C=N–C) groups is 1. The number of nitrogens with one attached hydrogen (secondary N) is 1. The predicted molar refractivity (Wildman–Crippen MR) is 133 cm³/mol. The number of hydrogen-bond donors (Lipinski definition) is 2. The minimum atomic E-state index is 0. The van der Waals surface area contributed by atoms with Gasteiger partial charge in [0.25, 0.3) is 0 Å². The summed E-state index contributed by atoms with van der Waals surface area (Å²) in [7, 11) is 1.67. The van der Waals surface area contributed by atoms with Crippen LogP contribution in [0.3, 0.4) is 0 Å². The van der Waals surface area contributed by atoms with E-state index >= 15 is 0 Å². The SMILES string of the molecule is COc1ccc(CCNC(N)=NCC(c2ccc(Cl)cc2)N2CCOCC2)cc1.I. The van der Waals surface area contributed by atoms with Crippen LogP contribution >= 0.6 is 35.6 Å². The Labute approximate surface area is 200 Å². The van der Waals surface area contributed by atoms with E-state index in [0.717, 1.165) is 50.0 Å². The number of rotatable bonds is 8. The summed E-state index contributed by atoms with van der Waals surface area (Å²) in [5.74, 6) is 1.32. The van der Waals surface area contributed by atoms with E-state index < -0.39 is 0 Å². The van der Waals surface area contributed by atoms with Crippen molar-refractivity contribution in [3.05, 3.63) is 64.7 Å². The fourth-order valence-corrected chi connectivity index (χ4v) is 3.50. The molecule has 1 atom stereocenters. The van der Waals surface area contributed by atoms with Gasteiger partial charge in [0, 0.05) is 24.7 Å². The topological polar surface area (TPSA) is 72.1 Å². The molecule has 0 radical (unpaired) electrons. The summed E-state index contributed by atoms with van der Waals surface area (Å²) in [4.78, 5) is 6.99. The first-order valence-corrected chi connectivity index (χ1v) is 10.3. The van der Waals surface area contributed by atoms with Crippen molar-refractivity contribution in [1.82, 2.24) is 10.2 Å². The van der Waals surface area contributed by atoms with Crippen molar-refractivity contribution in [2.75, 3.05) is 46.5 Å². The molecule has 3 rings (SSSR count). The highest BCUT2D eigenvalue weighted by atomic mass is 127. The smallest absolute Gasteiger partial charge is 0.188 e. The molecule has 164 valence electrons. The summed E-state index contributed by atoms with van der Waals surface area (Å²) in [5.41, 5.74) is 8.53. The molecule has 1 unspecified atom stereocenters. The van der Waals surface area contributed by atoms with Crippen LogP contribution in [0.25, 0.3) is 0 Å². The van der Waals surface area contributed by atoms with Crippen molar-refractivity contribution in [3.8, 4) is 5.75 Å². The lowest BCUT2D eigenvalue weighted by atomic mass is 10.0. The Morgan fingerprint density at radius 3 is 2.47 bits per heavy atom. The number of methoxy groups -OCH3 is 1. The van der Waals surface area contributed by atoms with Gasteiger partial charge in [-0.05, 0) is 41.8 Å². The number of guanidine groups is 1. The molecule has 0 amide bonds. The van der Waals surface area contributed by atoms with Crippen LogP contribution in [-0.4, -0.2) is 57.4 Å². The van der Waals surface area contributed by atoms with E-state index in [-0.39, 0.29) is 30.0 Å². The summed E-state index contributed by atoms with van der Waals surface area (Å²) in [6.07, 6.45) is 0.865. The Bertz CT molecular complexity index is 781. The predicted octanol–water partition coefficient (Wildman–Crippen LogP) is 3.49. The van der Waals surface area contributed by atoms with Crippen LogP contribution in [-0.2, 0) is 11.2 Å². The monoisotopic (exact) mass is 544 g/mol. The summed E-state index contributed by atoms with van der Waals surface area (Å²) < 4.78 is 10.7. The fourth-order valence-electron chi connectivity index (χ4n) is 3.37. The molecule has 0 bridgehead atoms. The zero-order chi connectivity index (χ0) is 20.5. The average molecular weight is 545 g/mol. The molecule has 0 spiro atoms. The van der Waals surface area contributed by atoms with E-state index in [1.165, 1.54) is 11.1 Å². The highest BCUT2D eigenvalue weighted by molar-refractivity contribution is 14.0. The Hall–Kier alpha value is -1.55. The Balaban J connectivity index is 0.00000320. The summed E-state index contributed by atoms with van der Waals surface area (Å²) in [6.45, 7) is 4.56. The van der Waals surface area contributed by atoms with Crippen molar-refractivity contribution in [2.24, 2.45) is 10.7 Å². The minimum absolute atomic E-state index is 0. The number of morpholine rings is 1. The first-order valence-electron chi connectivity index (χ1n) is 9.89. The van der Waals surface area contributed by atoms with Gasteiger partial charge in [0.1, 0.15) is 5.75 Å². The molecular formula is C22H30ClIN4O2. The lowest BCUT2D eigenvalue weighted by Crippen LogP contribution is -2.41. The maximum atomic E-state index is 6.12. The highest BCUT2D eigenvalue weighted by Crippen LogP contribution is 2.24. The zero-order valence-electron chi connectivity index (χ0n) is 17.2. The molecule has 2 aromatic carbocycles. The van der Waals surface area contributed by atoms with Crippen LogP contribution in [0.1, 0.15) is 17.2 Å². The molecule has 1 aliphatic rings. The van der Waals surface area contributed by atoms with Crippen LogP contribution in [0.5, 0.6) is 5.75 Å². The zero-order valence-corrected chi connectivity index (χ0v) is 20.3. The lowest BCUT2D eigenvalue weighted by Gasteiger charge is -2.34. The van der Waals surface area contributed by atoms with Gasteiger partial charge in [-0.25, -0.2) is 0 Å². The largest absolute Gasteiger partial charge is 0.497 e. The molecule has 1 aliphatic heterocycles. The second-order valence-electron chi connectivity index (χ2n) is 6.97. The van der Waals surface area contributed by atoms with Crippen LogP contribution in [0, 0.1) is 0 Å². The van der Waals surface area contributed by atoms with Crippen molar-refractivity contribution < 1.29 is 9.47 Å². The lowest BCUT2D eigenvalue weighted by molar-refractivity contribution is 0.0180. The van der Waals surface area contributed by atoms with Crippen molar-refractivity contribution in [2.45, 2.75) is 12.5 Å². The van der Waals surface area contributed by atoms with E-state index in [9.17, 15) is 0 Å². The maximum Gasteiger partial charge on any atom is 0.188 e. The van der Waals surface area contributed by atoms with Crippen molar-refractivity contribution in [1.29, 1.82) is 0 Å². The molecule has 2 aromatic rings. The normalized spacial score (nSPS) is 15.9. The van der Waals surface area contributed by atoms with Crippen LogP contribution in [0.4, 0.5) is 0 Å². The summed E-state index contributed by atoms with van der Waals surface area (Å²) >= 11 is 6.06. The van der Waals surface area contributed by atoms with Gasteiger partial charge in [0.2, 0.25) is 0 Å². The standard InChI is InChI=1S/C22H29ClN4O2.HI/c1-28-20-8-2-17(3-9-20)10-11-25-22(24)26-16-21(27-12-14-29-15-13-27)18-4-6-19(23)7-5-18;/h2-9,21H,10-16H2,1H3,(H3,24,25,26);1H. The molecule has 8 heteroatoms. The van der Waals surface area contributed by atoms with Gasteiger partial charge in [-0.3, -0.25) is 9.89 Å². The van der Waals surface area contributed by atoms with Crippen molar-refractivity contribution in [3.63, 3.8) is 0 Å². The quantitative estimate of drug-likeness (QED) is 0.302. The van der Waals surface area contributed by atoms with E-state index in [1.807, 2.05) is 24.3 Å². The molecule has 1 saturated heterocycles. The molecule has 1 heterocycles. The van der Waals surface area contributed by atoms with E-state index in [4.69, 9.17) is 26.8 Å². The van der Waals surface area contributed by atoms with Gasteiger partial charge < -0.3 is 20.5 Å². The second-order valence-corrected chi connectivity index (χ2v) is 7.40. The molecule has 1 fully saturated rings. The van der Waals surface area contributed by atoms with Crippen molar-refractivity contribution >= 4 is 41.5 Å². The van der Waals surface area contributed by atoms with Gasteiger partial charge in [0.05, 0.1) is 32.9 Å². The number of ether oxygens (including phenoxy) is 2. The van der Waals surface area contributed by atoms with E-state index in [2.05, 4.69) is 39.5 Å². The second kappa shape index (κ2) is 13.0. The third kappa shape index (κ3) is 7.61. The highest BCUT2D eigenvalue weighted by Gasteiger charge is 2.22. The van der Waals surface area contributed by atoms with Gasteiger partial charge >= 0.3 is 0 Å². The molecule has 30 heavy (non-hydrogen) atoms. The minimum Gasteiger partial charge on any atom is -0.497 e. The van der Waals surface area contributed by atoms with E-state index in [1.54, 1.807) is 7.11 Å². The number of halogens is 2. The summed E-state index contributed by atoms with van der Waals surface area (Å²) in [5, 5.41) is 3.94. The molecular weight excluding hydrogens is 515 g/mol. The Morgan fingerprint density at radius 2 is 1.83 bits per heavy atom. The van der Waals surface area contributed by atoms with Crippen LogP contribution in [0.2, 0.25) is 5.02 Å². The molecule has 0 saturated carbocycles. The number of nitrogens with two attached hydrogens (primary N) is 1. The number of hydrogen-bond acceptors (Lipinski definition) is 4. The number of benzene rings is 2. The van der Waals surface area contributed by atoms with Crippen LogP contribution in [0.15, 0.2) is 53.5 Å². The maximum absolute atomic E-state index is 6.12. The van der Waals surface area contributed by atoms with E-state index in [0.29, 0.717) is 12.5 Å². The molecule has 0 aliphatic carbocycles. The fraction of sp³-hybridized carbons (Fsp3) is 0.409. The third-order valence-corrected chi connectivity index (χ3v) is 5.31. The first-order chi connectivity index (χ1) is 14.2. The van der Waals surface area contributed by atoms with Crippen LogP contribution < -0.4 is 15.8 Å². The average Bonchev–Trinajstić information content (AvgIpc) is 2.76. The van der Waals surface area contributed by atoms with Gasteiger partial charge in [-0.1, -0.05) is 35.9 Å². The Kier molecular flexibility index (Phi) is 10.7. The third-order valence-electron chi connectivity index (χ3n) is 5.05. The van der Waals surface area contributed by atoms with Gasteiger partial charge in [-0.2, -0.15) is 0 Å². The first kappa shape index (κ1) is 24.7. The molecule has 3 N–H and O–H groups in total. The summed E-state index contributed by atoms with van der Waals surface area (Å²) in [6, 6.07) is 16.2. The van der Waals surface area contributed by atoms with Gasteiger partial charge in [-0.15, -0.1) is 24.0 Å². The number of nitrogens with zero attached hydrogens (tertiary/aromatic N) is 2. The molecule has 0 aromatic heterocycles. The molecule has 6 nitrogen and oxygen atoms in total.